The highest BCUT2D eigenvalue weighted by Crippen LogP contribution is 2.33. The van der Waals surface area contributed by atoms with Crippen LogP contribution in [-0.2, 0) is 11.3 Å². The summed E-state index contributed by atoms with van der Waals surface area (Å²) in [6.07, 6.45) is 5.63. The summed E-state index contributed by atoms with van der Waals surface area (Å²) in [7, 11) is 0. The number of carbonyl (C=O) groups is 1. The third-order valence-electron chi connectivity index (χ3n) is 4.34. The van der Waals surface area contributed by atoms with Gasteiger partial charge in [0.2, 0.25) is 0 Å². The van der Waals surface area contributed by atoms with E-state index in [2.05, 4.69) is 35.5 Å². The summed E-state index contributed by atoms with van der Waals surface area (Å²) in [6, 6.07) is 7.48. The van der Waals surface area contributed by atoms with Crippen LogP contribution in [0.1, 0.15) is 17.0 Å². The highest BCUT2D eigenvalue weighted by molar-refractivity contribution is 5.96. The van der Waals surface area contributed by atoms with Crippen molar-refractivity contribution in [2.45, 2.75) is 20.4 Å². The van der Waals surface area contributed by atoms with Gasteiger partial charge in [0.1, 0.15) is 30.0 Å². The fraction of sp³-hybridized carbons (Fsp3) is 0.190. The molecular formula is C21H19N7O2. The fourth-order valence-corrected chi connectivity index (χ4v) is 2.88. The van der Waals surface area contributed by atoms with Crippen LogP contribution < -0.4 is 10.1 Å². The highest BCUT2D eigenvalue weighted by Gasteiger charge is 2.14. The maximum atomic E-state index is 10.8. The summed E-state index contributed by atoms with van der Waals surface area (Å²) in [5.41, 5.74) is 3.91. The number of aldehydes is 1. The second kappa shape index (κ2) is 8.56. The number of fused-ring (bicyclic) bond motifs is 1. The topological polar surface area (TPSA) is 116 Å². The van der Waals surface area contributed by atoms with Crippen molar-refractivity contribution in [1.82, 2.24) is 30.1 Å². The van der Waals surface area contributed by atoms with Gasteiger partial charge in [-0.25, -0.2) is 19.9 Å². The predicted octanol–water partition coefficient (Wildman–Crippen LogP) is 2.68. The van der Waals surface area contributed by atoms with Crippen molar-refractivity contribution in [3.63, 3.8) is 0 Å². The van der Waals surface area contributed by atoms with Crippen molar-refractivity contribution in [1.29, 1.82) is 0 Å². The van der Waals surface area contributed by atoms with Crippen LogP contribution in [-0.4, -0.2) is 43.0 Å². The lowest BCUT2D eigenvalue weighted by Crippen LogP contribution is -2.06. The summed E-state index contributed by atoms with van der Waals surface area (Å²) >= 11 is 0. The molecule has 0 radical (unpaired) electrons. The van der Waals surface area contributed by atoms with E-state index in [1.807, 2.05) is 32.0 Å². The molecule has 0 aliphatic rings. The summed E-state index contributed by atoms with van der Waals surface area (Å²) in [5, 5.41) is 12.2. The third kappa shape index (κ3) is 4.19. The van der Waals surface area contributed by atoms with Gasteiger partial charge in [0.25, 0.3) is 0 Å². The Kier molecular flexibility index (Phi) is 5.51. The molecule has 0 bridgehead atoms. The largest absolute Gasteiger partial charge is 0.484 e. The molecular weight excluding hydrogens is 382 g/mol. The Morgan fingerprint density at radius 1 is 1.03 bits per heavy atom. The fourth-order valence-electron chi connectivity index (χ4n) is 2.88. The number of hydrogen-bond donors (Lipinski definition) is 1. The van der Waals surface area contributed by atoms with Crippen LogP contribution in [0.2, 0.25) is 0 Å². The van der Waals surface area contributed by atoms with Crippen molar-refractivity contribution in [2.24, 2.45) is 0 Å². The van der Waals surface area contributed by atoms with E-state index in [9.17, 15) is 4.79 Å². The average Bonchev–Trinajstić information content (AvgIpc) is 2.77. The molecule has 0 saturated heterocycles. The molecule has 0 fully saturated rings. The molecule has 9 nitrogen and oxygen atoms in total. The molecule has 4 rings (SSSR count). The Bertz CT molecular complexity index is 1180. The number of hydrogen-bond acceptors (Lipinski definition) is 9. The third-order valence-corrected chi connectivity index (χ3v) is 4.34. The average molecular weight is 401 g/mol. The monoisotopic (exact) mass is 401 g/mol. The first-order chi connectivity index (χ1) is 14.6. The molecule has 0 atom stereocenters. The van der Waals surface area contributed by atoms with Crippen molar-refractivity contribution < 1.29 is 9.53 Å². The van der Waals surface area contributed by atoms with Gasteiger partial charge < -0.3 is 10.1 Å². The molecule has 0 spiro atoms. The standard InChI is InChI=1S/C21H19N7O2/c1-13-9-22-20(23-10-13)15-7-17-19(18(8-15)30-6-5-29)25-12-26-21(17)24-11-16-4-3-14(2)27-28-16/h3-5,7-10,12H,6,11H2,1-2H3,(H,24,25,26). The highest BCUT2D eigenvalue weighted by atomic mass is 16.5. The van der Waals surface area contributed by atoms with Gasteiger partial charge in [-0.05, 0) is 43.7 Å². The molecule has 0 unspecified atom stereocenters. The zero-order chi connectivity index (χ0) is 20.9. The van der Waals surface area contributed by atoms with E-state index in [1.54, 1.807) is 18.5 Å². The number of carbonyl (C=O) groups excluding carboxylic acids is 1. The van der Waals surface area contributed by atoms with Crippen LogP contribution in [0.15, 0.2) is 43.0 Å². The lowest BCUT2D eigenvalue weighted by molar-refractivity contribution is -0.109. The van der Waals surface area contributed by atoms with E-state index in [4.69, 9.17) is 4.74 Å². The molecule has 9 heteroatoms. The maximum absolute atomic E-state index is 10.8. The Hall–Kier alpha value is -4.01. The van der Waals surface area contributed by atoms with Gasteiger partial charge in [-0.15, -0.1) is 0 Å². The Labute approximate surface area is 172 Å². The molecule has 150 valence electrons. The minimum absolute atomic E-state index is 0.0843. The number of ether oxygens (including phenoxy) is 1. The second-order valence-corrected chi connectivity index (χ2v) is 6.67. The van der Waals surface area contributed by atoms with Gasteiger partial charge in [-0.1, -0.05) is 0 Å². The summed E-state index contributed by atoms with van der Waals surface area (Å²) in [4.78, 5) is 28.4. The van der Waals surface area contributed by atoms with Gasteiger partial charge in [0.05, 0.1) is 17.9 Å². The summed E-state index contributed by atoms with van der Waals surface area (Å²) in [5.74, 6) is 1.60. The first kappa shape index (κ1) is 19.3. The molecule has 3 aromatic heterocycles. The Morgan fingerprint density at radius 2 is 1.87 bits per heavy atom. The molecule has 1 N–H and O–H groups in total. The van der Waals surface area contributed by atoms with Crippen LogP contribution in [0.5, 0.6) is 5.75 Å². The summed E-state index contributed by atoms with van der Waals surface area (Å²) in [6.45, 7) is 4.17. The van der Waals surface area contributed by atoms with Crippen LogP contribution in [0.4, 0.5) is 5.82 Å². The van der Waals surface area contributed by atoms with Gasteiger partial charge in [0, 0.05) is 23.3 Å². The van der Waals surface area contributed by atoms with Crippen molar-refractivity contribution >= 4 is 23.0 Å². The van der Waals surface area contributed by atoms with E-state index >= 15 is 0 Å². The smallest absolute Gasteiger partial charge is 0.159 e. The number of rotatable bonds is 7. The zero-order valence-corrected chi connectivity index (χ0v) is 16.5. The molecule has 30 heavy (non-hydrogen) atoms. The van der Waals surface area contributed by atoms with E-state index in [0.717, 1.165) is 27.9 Å². The molecule has 1 aromatic carbocycles. The molecule has 4 aromatic rings. The lowest BCUT2D eigenvalue weighted by Gasteiger charge is -2.12. The first-order valence-corrected chi connectivity index (χ1v) is 9.31. The molecule has 0 aliphatic carbocycles. The predicted molar refractivity (Wildman–Crippen MR) is 111 cm³/mol. The molecule has 0 aliphatic heterocycles. The lowest BCUT2D eigenvalue weighted by atomic mass is 10.1. The van der Waals surface area contributed by atoms with Gasteiger partial charge in [0.15, 0.2) is 12.1 Å². The molecule has 0 saturated carbocycles. The maximum Gasteiger partial charge on any atom is 0.159 e. The quantitative estimate of drug-likeness (QED) is 0.467. The summed E-state index contributed by atoms with van der Waals surface area (Å²) < 4.78 is 5.62. The van der Waals surface area contributed by atoms with Crippen molar-refractivity contribution in [3.8, 4) is 17.1 Å². The van der Waals surface area contributed by atoms with E-state index < -0.39 is 0 Å². The first-order valence-electron chi connectivity index (χ1n) is 9.31. The van der Waals surface area contributed by atoms with Crippen molar-refractivity contribution in [2.75, 3.05) is 11.9 Å². The Morgan fingerprint density at radius 3 is 2.60 bits per heavy atom. The van der Waals surface area contributed by atoms with Crippen molar-refractivity contribution in [3.05, 3.63) is 59.9 Å². The van der Waals surface area contributed by atoms with Crippen LogP contribution in [0.25, 0.3) is 22.3 Å². The van der Waals surface area contributed by atoms with Gasteiger partial charge >= 0.3 is 0 Å². The number of nitrogens with zero attached hydrogens (tertiary/aromatic N) is 6. The van der Waals surface area contributed by atoms with E-state index in [1.165, 1.54) is 6.33 Å². The van der Waals surface area contributed by atoms with E-state index in [-0.39, 0.29) is 6.61 Å². The van der Waals surface area contributed by atoms with Gasteiger partial charge in [-0.3, -0.25) is 4.79 Å². The SMILES string of the molecule is Cc1cnc(-c2cc(OCC=O)c3ncnc(NCc4ccc(C)nn4)c3c2)nc1. The van der Waals surface area contributed by atoms with Crippen LogP contribution in [0.3, 0.4) is 0 Å². The second-order valence-electron chi connectivity index (χ2n) is 6.67. The van der Waals surface area contributed by atoms with E-state index in [0.29, 0.717) is 35.7 Å². The minimum Gasteiger partial charge on any atom is -0.484 e. The number of benzene rings is 1. The van der Waals surface area contributed by atoms with Crippen LogP contribution in [0, 0.1) is 13.8 Å². The Balaban J connectivity index is 1.76. The van der Waals surface area contributed by atoms with Gasteiger partial charge in [-0.2, -0.15) is 10.2 Å². The number of aromatic nitrogens is 6. The number of anilines is 1. The zero-order valence-electron chi connectivity index (χ0n) is 16.5. The number of nitrogens with one attached hydrogen (secondary N) is 1. The number of aryl methyl sites for hydroxylation is 2. The molecule has 0 amide bonds. The minimum atomic E-state index is -0.0843. The van der Waals surface area contributed by atoms with Crippen LogP contribution >= 0.6 is 0 Å². The molecule has 3 heterocycles. The normalized spacial score (nSPS) is 10.7.